The fourth-order valence-electron chi connectivity index (χ4n) is 4.48. The van der Waals surface area contributed by atoms with Gasteiger partial charge in [-0.2, -0.15) is 0 Å². The minimum Gasteiger partial charge on any atom is -0.496 e. The first-order valence-corrected chi connectivity index (χ1v) is 11.6. The average molecular weight is 491 g/mol. The first kappa shape index (κ1) is 24.9. The fraction of sp³-hybridized carbons (Fsp3) is 0.286. The van der Waals surface area contributed by atoms with Gasteiger partial charge in [-0.15, -0.1) is 0 Å². The highest BCUT2D eigenvalue weighted by Crippen LogP contribution is 2.44. The number of ether oxygens (including phenoxy) is 4. The lowest BCUT2D eigenvalue weighted by Crippen LogP contribution is -2.38. The standard InChI is InChI=1S/C28H30N2O6/c1-30(16-27(31)29-15-23-25(34-3)13-18(33-2)14-26(23)35-4)28(32)36-17-24-21-11-7-5-9-19(21)20-10-6-8-12-22(20)24/h5-14,24H,15-17H2,1-4H3,(H,29,31). The minimum absolute atomic E-state index is 0.0430. The number of carbonyl (C=O) groups is 2. The van der Waals surface area contributed by atoms with Gasteiger partial charge in [-0.1, -0.05) is 48.5 Å². The first-order chi connectivity index (χ1) is 17.5. The Morgan fingerprint density at radius 1 is 0.861 bits per heavy atom. The van der Waals surface area contributed by atoms with Crippen molar-refractivity contribution in [2.75, 3.05) is 41.5 Å². The molecule has 0 heterocycles. The molecule has 0 radical (unpaired) electrons. The largest absolute Gasteiger partial charge is 0.496 e. The zero-order chi connectivity index (χ0) is 25.7. The SMILES string of the molecule is COc1cc(OC)c(CNC(=O)CN(C)C(=O)OCC2c3ccccc3-c3ccccc32)c(OC)c1. The maximum Gasteiger partial charge on any atom is 0.409 e. The maximum absolute atomic E-state index is 12.7. The van der Waals surface area contributed by atoms with Gasteiger partial charge >= 0.3 is 6.09 Å². The van der Waals surface area contributed by atoms with Crippen molar-refractivity contribution in [2.45, 2.75) is 12.5 Å². The predicted octanol–water partition coefficient (Wildman–Crippen LogP) is 4.21. The molecule has 4 rings (SSSR count). The van der Waals surface area contributed by atoms with E-state index in [0.717, 1.165) is 22.3 Å². The number of nitrogens with one attached hydrogen (secondary N) is 1. The van der Waals surface area contributed by atoms with Crippen LogP contribution < -0.4 is 19.5 Å². The normalized spacial score (nSPS) is 11.8. The fourth-order valence-corrected chi connectivity index (χ4v) is 4.48. The molecule has 1 aliphatic carbocycles. The molecule has 0 fully saturated rings. The molecule has 3 aromatic rings. The second kappa shape index (κ2) is 11.0. The molecule has 1 aliphatic rings. The highest BCUT2D eigenvalue weighted by atomic mass is 16.6. The van der Waals surface area contributed by atoms with Crippen LogP contribution in [-0.2, 0) is 16.1 Å². The molecule has 0 aromatic heterocycles. The zero-order valence-electron chi connectivity index (χ0n) is 20.9. The van der Waals surface area contributed by atoms with Crippen molar-refractivity contribution in [2.24, 2.45) is 0 Å². The molecule has 0 atom stereocenters. The summed E-state index contributed by atoms with van der Waals surface area (Å²) in [5, 5.41) is 2.81. The summed E-state index contributed by atoms with van der Waals surface area (Å²) in [5.74, 6) is 1.24. The number of rotatable bonds is 9. The van der Waals surface area contributed by atoms with E-state index >= 15 is 0 Å². The first-order valence-electron chi connectivity index (χ1n) is 11.6. The minimum atomic E-state index is -0.563. The monoisotopic (exact) mass is 490 g/mol. The van der Waals surface area contributed by atoms with Crippen molar-refractivity contribution in [1.82, 2.24) is 10.2 Å². The van der Waals surface area contributed by atoms with Crippen molar-refractivity contribution in [3.63, 3.8) is 0 Å². The number of amides is 2. The van der Waals surface area contributed by atoms with E-state index in [0.29, 0.717) is 22.8 Å². The van der Waals surface area contributed by atoms with Gasteiger partial charge in [0.15, 0.2) is 0 Å². The third-order valence-corrected chi connectivity index (χ3v) is 6.31. The van der Waals surface area contributed by atoms with E-state index in [1.165, 1.54) is 26.2 Å². The van der Waals surface area contributed by atoms with Crippen LogP contribution in [0.15, 0.2) is 60.7 Å². The molecule has 0 bridgehead atoms. The molecule has 0 unspecified atom stereocenters. The van der Waals surface area contributed by atoms with E-state index in [1.54, 1.807) is 19.2 Å². The Morgan fingerprint density at radius 3 is 1.94 bits per heavy atom. The second-order valence-corrected chi connectivity index (χ2v) is 8.45. The Balaban J connectivity index is 1.34. The number of hydrogen-bond donors (Lipinski definition) is 1. The van der Waals surface area contributed by atoms with Gasteiger partial charge < -0.3 is 29.2 Å². The number of hydrogen-bond acceptors (Lipinski definition) is 6. The predicted molar refractivity (Wildman–Crippen MR) is 136 cm³/mol. The van der Waals surface area contributed by atoms with Gasteiger partial charge in [-0.25, -0.2) is 4.79 Å². The molecule has 0 spiro atoms. The van der Waals surface area contributed by atoms with E-state index in [9.17, 15) is 9.59 Å². The molecular weight excluding hydrogens is 460 g/mol. The van der Waals surface area contributed by atoms with Crippen molar-refractivity contribution in [1.29, 1.82) is 0 Å². The van der Waals surface area contributed by atoms with Gasteiger partial charge in [0.25, 0.3) is 0 Å². The van der Waals surface area contributed by atoms with E-state index in [2.05, 4.69) is 29.6 Å². The molecular formula is C28H30N2O6. The van der Waals surface area contributed by atoms with Crippen molar-refractivity contribution < 1.29 is 28.5 Å². The van der Waals surface area contributed by atoms with Crippen molar-refractivity contribution in [3.8, 4) is 28.4 Å². The van der Waals surface area contributed by atoms with E-state index < -0.39 is 6.09 Å². The molecule has 8 nitrogen and oxygen atoms in total. The van der Waals surface area contributed by atoms with Crippen LogP contribution in [0.4, 0.5) is 4.79 Å². The Kier molecular flexibility index (Phi) is 7.63. The van der Waals surface area contributed by atoms with E-state index in [4.69, 9.17) is 18.9 Å². The highest BCUT2D eigenvalue weighted by Gasteiger charge is 2.29. The van der Waals surface area contributed by atoms with E-state index in [1.807, 2.05) is 24.3 Å². The average Bonchev–Trinajstić information content (AvgIpc) is 3.23. The molecule has 188 valence electrons. The third kappa shape index (κ3) is 5.07. The molecule has 8 heteroatoms. The summed E-state index contributed by atoms with van der Waals surface area (Å²) in [4.78, 5) is 26.5. The number of likely N-dealkylation sites (N-methyl/N-ethyl adjacent to an activating group) is 1. The van der Waals surface area contributed by atoms with Gasteiger partial charge in [0.05, 0.1) is 33.4 Å². The van der Waals surface area contributed by atoms with Crippen LogP contribution in [0.1, 0.15) is 22.6 Å². The summed E-state index contributed by atoms with van der Waals surface area (Å²) < 4.78 is 21.7. The van der Waals surface area contributed by atoms with Crippen LogP contribution in [0.3, 0.4) is 0 Å². The lowest BCUT2D eigenvalue weighted by molar-refractivity contribution is -0.121. The molecule has 36 heavy (non-hydrogen) atoms. The summed E-state index contributed by atoms with van der Waals surface area (Å²) in [6.45, 7) is 0.199. The molecule has 0 saturated carbocycles. The number of benzene rings is 3. The second-order valence-electron chi connectivity index (χ2n) is 8.45. The Labute approximate surface area is 210 Å². The lowest BCUT2D eigenvalue weighted by atomic mass is 9.98. The number of methoxy groups -OCH3 is 3. The molecule has 3 aromatic carbocycles. The lowest BCUT2D eigenvalue weighted by Gasteiger charge is -2.20. The van der Waals surface area contributed by atoms with Crippen LogP contribution in [0.2, 0.25) is 0 Å². The molecule has 2 amide bonds. The summed E-state index contributed by atoms with van der Waals surface area (Å²) >= 11 is 0. The van der Waals surface area contributed by atoms with Crippen molar-refractivity contribution in [3.05, 3.63) is 77.4 Å². The van der Waals surface area contributed by atoms with Gasteiger partial charge in [0.2, 0.25) is 5.91 Å². The Hall–Kier alpha value is -4.20. The third-order valence-electron chi connectivity index (χ3n) is 6.31. The maximum atomic E-state index is 12.7. The Bertz CT molecular complexity index is 1190. The van der Waals surface area contributed by atoms with Crippen LogP contribution in [0.5, 0.6) is 17.2 Å². The quantitative estimate of drug-likeness (QED) is 0.484. The summed E-state index contributed by atoms with van der Waals surface area (Å²) in [6, 6.07) is 19.7. The van der Waals surface area contributed by atoms with Crippen LogP contribution in [-0.4, -0.2) is 58.4 Å². The number of carbonyl (C=O) groups excluding carboxylic acids is 2. The molecule has 0 saturated heterocycles. The Morgan fingerprint density at radius 2 is 1.42 bits per heavy atom. The van der Waals surface area contributed by atoms with Gasteiger partial charge in [-0.05, 0) is 22.3 Å². The smallest absolute Gasteiger partial charge is 0.409 e. The topological polar surface area (TPSA) is 86.3 Å². The number of fused-ring (bicyclic) bond motifs is 3. The summed E-state index contributed by atoms with van der Waals surface area (Å²) in [6.07, 6.45) is -0.563. The van der Waals surface area contributed by atoms with Crippen LogP contribution >= 0.6 is 0 Å². The van der Waals surface area contributed by atoms with Crippen LogP contribution in [0.25, 0.3) is 11.1 Å². The highest BCUT2D eigenvalue weighted by molar-refractivity contribution is 5.82. The van der Waals surface area contributed by atoms with Gasteiger partial charge in [0.1, 0.15) is 30.4 Å². The molecule has 1 N–H and O–H groups in total. The van der Waals surface area contributed by atoms with Crippen molar-refractivity contribution >= 4 is 12.0 Å². The van der Waals surface area contributed by atoms with Crippen LogP contribution in [0, 0.1) is 0 Å². The van der Waals surface area contributed by atoms with Gasteiger partial charge in [-0.3, -0.25) is 4.79 Å². The summed E-state index contributed by atoms with van der Waals surface area (Å²) in [5.41, 5.74) is 5.25. The van der Waals surface area contributed by atoms with E-state index in [-0.39, 0.29) is 31.5 Å². The van der Waals surface area contributed by atoms with Gasteiger partial charge in [0, 0.05) is 25.1 Å². The number of nitrogens with zero attached hydrogens (tertiary/aromatic N) is 1. The zero-order valence-corrected chi connectivity index (χ0v) is 20.9. The summed E-state index contributed by atoms with van der Waals surface area (Å²) in [7, 11) is 6.15. The molecule has 0 aliphatic heterocycles.